The second kappa shape index (κ2) is 8.31. The molecule has 138 valence electrons. The second-order valence-corrected chi connectivity index (χ2v) is 6.06. The fourth-order valence-electron chi connectivity index (χ4n) is 2.55. The third-order valence-corrected chi connectivity index (χ3v) is 4.13. The van der Waals surface area contributed by atoms with E-state index in [1.165, 1.54) is 5.56 Å². The molecular formula is C21H21N3O3. The van der Waals surface area contributed by atoms with E-state index >= 15 is 0 Å². The Kier molecular flexibility index (Phi) is 5.66. The first-order valence-electron chi connectivity index (χ1n) is 8.86. The Morgan fingerprint density at radius 2 is 1.78 bits per heavy atom. The van der Waals surface area contributed by atoms with E-state index in [1.807, 2.05) is 24.3 Å². The molecule has 1 heterocycles. The van der Waals surface area contributed by atoms with E-state index in [9.17, 15) is 9.59 Å². The summed E-state index contributed by atoms with van der Waals surface area (Å²) in [4.78, 5) is 23.9. The van der Waals surface area contributed by atoms with Crippen molar-refractivity contribution in [3.05, 3.63) is 65.7 Å². The Hall–Kier alpha value is -3.41. The van der Waals surface area contributed by atoms with E-state index in [2.05, 4.69) is 22.7 Å². The highest BCUT2D eigenvalue weighted by molar-refractivity contribution is 6.04. The zero-order valence-corrected chi connectivity index (χ0v) is 15.3. The van der Waals surface area contributed by atoms with Gasteiger partial charge < -0.3 is 9.84 Å². The normalized spacial score (nSPS) is 10.4. The number of carbonyl (C=O) groups excluding carboxylic acids is 2. The first-order valence-corrected chi connectivity index (χ1v) is 8.86. The van der Waals surface area contributed by atoms with Gasteiger partial charge in [0.25, 0.3) is 5.91 Å². The number of amides is 2. The predicted molar refractivity (Wildman–Crippen MR) is 105 cm³/mol. The monoisotopic (exact) mass is 363 g/mol. The molecule has 0 atom stereocenters. The molecule has 0 aliphatic carbocycles. The number of aromatic nitrogens is 1. The summed E-state index contributed by atoms with van der Waals surface area (Å²) < 4.78 is 5.23. The molecule has 0 aliphatic rings. The first-order chi connectivity index (χ1) is 13.1. The number of aryl methyl sites for hydroxylation is 1. The Labute approximate surface area is 157 Å². The van der Waals surface area contributed by atoms with Crippen molar-refractivity contribution >= 4 is 23.4 Å². The molecule has 2 aromatic carbocycles. The molecule has 0 saturated heterocycles. The summed E-state index contributed by atoms with van der Waals surface area (Å²) in [6.45, 7) is 3.87. The van der Waals surface area contributed by atoms with Gasteiger partial charge >= 0.3 is 0 Å². The van der Waals surface area contributed by atoms with Crippen LogP contribution in [0, 0.1) is 0 Å². The average Bonchev–Trinajstić information content (AvgIpc) is 3.16. The highest BCUT2D eigenvalue weighted by Gasteiger charge is 2.12. The van der Waals surface area contributed by atoms with Gasteiger partial charge in [-0.05, 0) is 30.2 Å². The molecule has 3 rings (SSSR count). The number of rotatable bonds is 6. The van der Waals surface area contributed by atoms with Crippen molar-refractivity contribution in [2.24, 2.45) is 0 Å². The Morgan fingerprint density at radius 1 is 1.00 bits per heavy atom. The van der Waals surface area contributed by atoms with Gasteiger partial charge in [0, 0.05) is 29.3 Å². The number of benzene rings is 2. The summed E-state index contributed by atoms with van der Waals surface area (Å²) in [5, 5.41) is 9.43. The molecule has 0 saturated carbocycles. The van der Waals surface area contributed by atoms with Crippen molar-refractivity contribution in [1.82, 2.24) is 5.16 Å². The maximum absolute atomic E-state index is 12.4. The highest BCUT2D eigenvalue weighted by Crippen LogP contribution is 2.23. The van der Waals surface area contributed by atoms with Gasteiger partial charge in [0.2, 0.25) is 11.8 Å². The zero-order valence-electron chi connectivity index (χ0n) is 15.3. The van der Waals surface area contributed by atoms with Crippen LogP contribution in [0.15, 0.2) is 59.1 Å². The van der Waals surface area contributed by atoms with Gasteiger partial charge in [0.1, 0.15) is 5.69 Å². The van der Waals surface area contributed by atoms with Crippen LogP contribution in [0.4, 0.5) is 11.6 Å². The number of anilines is 2. The van der Waals surface area contributed by atoms with E-state index in [0.717, 1.165) is 12.0 Å². The van der Waals surface area contributed by atoms with Gasteiger partial charge in [-0.3, -0.25) is 14.9 Å². The minimum Gasteiger partial charge on any atom is -0.338 e. The molecule has 0 aliphatic heterocycles. The fourth-order valence-corrected chi connectivity index (χ4v) is 2.55. The van der Waals surface area contributed by atoms with Crippen LogP contribution in [0.5, 0.6) is 0 Å². The van der Waals surface area contributed by atoms with Gasteiger partial charge in [-0.2, -0.15) is 0 Å². The van der Waals surface area contributed by atoms with Crippen LogP contribution >= 0.6 is 0 Å². The zero-order chi connectivity index (χ0) is 19.2. The molecule has 0 fully saturated rings. The number of carbonyl (C=O) groups is 2. The van der Waals surface area contributed by atoms with Crippen molar-refractivity contribution in [3.63, 3.8) is 0 Å². The van der Waals surface area contributed by atoms with Crippen LogP contribution in [0.2, 0.25) is 0 Å². The summed E-state index contributed by atoms with van der Waals surface area (Å²) in [6.07, 6.45) is 1.34. The van der Waals surface area contributed by atoms with Crippen molar-refractivity contribution < 1.29 is 14.1 Å². The number of hydrogen-bond donors (Lipinski definition) is 2. The minimum atomic E-state index is -0.341. The lowest BCUT2D eigenvalue weighted by atomic mass is 10.1. The van der Waals surface area contributed by atoms with Crippen molar-refractivity contribution in [2.45, 2.75) is 26.7 Å². The maximum Gasteiger partial charge on any atom is 0.258 e. The molecule has 2 amide bonds. The van der Waals surface area contributed by atoms with Crippen LogP contribution in [0.25, 0.3) is 11.3 Å². The molecule has 1 aromatic heterocycles. The lowest BCUT2D eigenvalue weighted by Crippen LogP contribution is -2.13. The predicted octanol–water partition coefficient (Wildman–Crippen LogP) is 4.50. The Bertz CT molecular complexity index is 945. The molecule has 0 radical (unpaired) electrons. The fraction of sp³-hybridized carbons (Fsp3) is 0.190. The summed E-state index contributed by atoms with van der Waals surface area (Å²) >= 11 is 0. The van der Waals surface area contributed by atoms with Crippen molar-refractivity contribution in [2.75, 3.05) is 10.6 Å². The number of nitrogens with one attached hydrogen (secondary N) is 2. The van der Waals surface area contributed by atoms with Crippen LogP contribution in [0.1, 0.15) is 36.2 Å². The van der Waals surface area contributed by atoms with E-state index in [0.29, 0.717) is 23.4 Å². The van der Waals surface area contributed by atoms with Gasteiger partial charge in [-0.1, -0.05) is 49.3 Å². The van der Waals surface area contributed by atoms with E-state index in [4.69, 9.17) is 4.52 Å². The lowest BCUT2D eigenvalue weighted by molar-refractivity contribution is -0.115. The largest absolute Gasteiger partial charge is 0.338 e. The summed E-state index contributed by atoms with van der Waals surface area (Å²) in [7, 11) is 0. The van der Waals surface area contributed by atoms with E-state index in [-0.39, 0.29) is 17.7 Å². The summed E-state index contributed by atoms with van der Waals surface area (Å²) in [5.74, 6) is -0.189. The number of nitrogens with zero attached hydrogens (tertiary/aromatic N) is 1. The van der Waals surface area contributed by atoms with Gasteiger partial charge in [-0.25, -0.2) is 0 Å². The second-order valence-electron chi connectivity index (χ2n) is 6.06. The van der Waals surface area contributed by atoms with Crippen molar-refractivity contribution in [3.8, 4) is 11.3 Å². The standard InChI is InChI=1S/C21H21N3O3/c1-3-14-8-10-15(11-9-14)18-13-20(27-24-18)23-21(26)16-6-5-7-17(12-16)22-19(25)4-2/h5-13H,3-4H2,1-2H3,(H,22,25)(H,23,26). The van der Waals surface area contributed by atoms with E-state index < -0.39 is 0 Å². The van der Waals surface area contributed by atoms with E-state index in [1.54, 1.807) is 37.3 Å². The maximum atomic E-state index is 12.4. The third kappa shape index (κ3) is 4.61. The molecule has 0 spiro atoms. The summed E-state index contributed by atoms with van der Waals surface area (Å²) in [6, 6.07) is 16.4. The highest BCUT2D eigenvalue weighted by atomic mass is 16.5. The molecule has 6 nitrogen and oxygen atoms in total. The SMILES string of the molecule is CCC(=O)Nc1cccc(C(=O)Nc2cc(-c3ccc(CC)cc3)no2)c1. The molecule has 0 bridgehead atoms. The molecule has 2 N–H and O–H groups in total. The van der Waals surface area contributed by atoms with Gasteiger partial charge in [-0.15, -0.1) is 0 Å². The topological polar surface area (TPSA) is 84.2 Å². The molecular weight excluding hydrogens is 342 g/mol. The Morgan fingerprint density at radius 3 is 2.48 bits per heavy atom. The lowest BCUT2D eigenvalue weighted by Gasteiger charge is -2.06. The van der Waals surface area contributed by atoms with Gasteiger partial charge in [0.15, 0.2) is 0 Å². The van der Waals surface area contributed by atoms with Crippen LogP contribution in [-0.2, 0) is 11.2 Å². The van der Waals surface area contributed by atoms with Gasteiger partial charge in [0.05, 0.1) is 0 Å². The molecule has 0 unspecified atom stereocenters. The van der Waals surface area contributed by atoms with Crippen LogP contribution in [-0.4, -0.2) is 17.0 Å². The van der Waals surface area contributed by atoms with Crippen molar-refractivity contribution in [1.29, 1.82) is 0 Å². The summed E-state index contributed by atoms with van der Waals surface area (Å²) in [5.41, 5.74) is 3.79. The van der Waals surface area contributed by atoms with Crippen LogP contribution in [0.3, 0.4) is 0 Å². The average molecular weight is 363 g/mol. The quantitative estimate of drug-likeness (QED) is 0.675. The third-order valence-electron chi connectivity index (χ3n) is 4.13. The molecule has 27 heavy (non-hydrogen) atoms. The molecule has 3 aromatic rings. The number of hydrogen-bond acceptors (Lipinski definition) is 4. The molecule has 6 heteroatoms. The Balaban J connectivity index is 1.70. The minimum absolute atomic E-state index is 0.110. The first kappa shape index (κ1) is 18.4. The smallest absolute Gasteiger partial charge is 0.258 e. The van der Waals surface area contributed by atoms with Crippen LogP contribution < -0.4 is 10.6 Å².